The quantitative estimate of drug-likeness (QED) is 0.911. The minimum absolute atomic E-state index is 0.0686. The summed E-state index contributed by atoms with van der Waals surface area (Å²) in [6, 6.07) is 9.44. The summed E-state index contributed by atoms with van der Waals surface area (Å²) in [6.07, 6.45) is 0.904. The molecule has 3 rings (SSSR count). The summed E-state index contributed by atoms with van der Waals surface area (Å²) in [6.45, 7) is 2.66. The van der Waals surface area contributed by atoms with Crippen molar-refractivity contribution in [1.82, 2.24) is 0 Å². The van der Waals surface area contributed by atoms with Gasteiger partial charge in [-0.15, -0.1) is 0 Å². The maximum absolute atomic E-state index is 13.6. The first kappa shape index (κ1) is 12.9. The molecule has 0 bridgehead atoms. The summed E-state index contributed by atoms with van der Waals surface area (Å²) in [4.78, 5) is 0. The van der Waals surface area contributed by atoms with Gasteiger partial charge in [-0.1, -0.05) is 6.07 Å². The van der Waals surface area contributed by atoms with Gasteiger partial charge in [0, 0.05) is 18.5 Å². The number of benzene rings is 2. The van der Waals surface area contributed by atoms with Crippen LogP contribution < -0.4 is 10.1 Å². The molecule has 1 unspecified atom stereocenters. The molecule has 4 heteroatoms. The van der Waals surface area contributed by atoms with Crippen molar-refractivity contribution in [3.63, 3.8) is 0 Å². The number of hydrogen-bond donors (Lipinski definition) is 1. The molecule has 20 heavy (non-hydrogen) atoms. The van der Waals surface area contributed by atoms with Crippen LogP contribution in [0.2, 0.25) is 0 Å². The van der Waals surface area contributed by atoms with E-state index in [0.717, 1.165) is 23.8 Å². The van der Waals surface area contributed by atoms with Crippen molar-refractivity contribution >= 4 is 5.69 Å². The third-order valence-corrected chi connectivity index (χ3v) is 3.52. The monoisotopic (exact) mass is 275 g/mol. The van der Waals surface area contributed by atoms with Crippen molar-refractivity contribution in [2.24, 2.45) is 0 Å². The fraction of sp³-hybridized carbons (Fsp3) is 0.250. The SMILES string of the molecule is CC(Nc1ccc(F)cc1F)c1ccc2c(c1)CCO2. The molecule has 1 aliphatic rings. The molecule has 2 aromatic rings. The minimum Gasteiger partial charge on any atom is -0.493 e. The fourth-order valence-corrected chi connectivity index (χ4v) is 2.40. The van der Waals surface area contributed by atoms with Crippen molar-refractivity contribution in [2.45, 2.75) is 19.4 Å². The zero-order valence-electron chi connectivity index (χ0n) is 11.1. The van der Waals surface area contributed by atoms with Crippen molar-refractivity contribution in [3.05, 3.63) is 59.2 Å². The molecule has 0 radical (unpaired) electrons. The third kappa shape index (κ3) is 2.46. The molecule has 2 nitrogen and oxygen atoms in total. The number of halogens is 2. The predicted molar refractivity (Wildman–Crippen MR) is 74.0 cm³/mol. The van der Waals surface area contributed by atoms with E-state index in [0.29, 0.717) is 12.3 Å². The average Bonchev–Trinajstić information content (AvgIpc) is 2.89. The van der Waals surface area contributed by atoms with E-state index in [1.807, 2.05) is 19.1 Å². The van der Waals surface area contributed by atoms with E-state index in [9.17, 15) is 8.78 Å². The molecule has 1 heterocycles. The highest BCUT2D eigenvalue weighted by Crippen LogP contribution is 2.29. The summed E-state index contributed by atoms with van der Waals surface area (Å²) >= 11 is 0. The smallest absolute Gasteiger partial charge is 0.149 e. The molecule has 1 aliphatic heterocycles. The highest BCUT2D eigenvalue weighted by atomic mass is 19.1. The summed E-state index contributed by atoms with van der Waals surface area (Å²) < 4.78 is 32.0. The van der Waals surface area contributed by atoms with E-state index in [-0.39, 0.29) is 6.04 Å². The van der Waals surface area contributed by atoms with Gasteiger partial charge in [0.05, 0.1) is 12.3 Å². The Morgan fingerprint density at radius 2 is 2.00 bits per heavy atom. The molecule has 0 amide bonds. The molecular formula is C16H15F2NO. The van der Waals surface area contributed by atoms with Gasteiger partial charge in [-0.05, 0) is 42.3 Å². The first-order valence-corrected chi connectivity index (χ1v) is 6.61. The minimum atomic E-state index is -0.582. The van der Waals surface area contributed by atoms with E-state index in [4.69, 9.17) is 4.74 Å². The van der Waals surface area contributed by atoms with Gasteiger partial charge in [-0.25, -0.2) is 8.78 Å². The second-order valence-corrected chi connectivity index (χ2v) is 4.96. The largest absolute Gasteiger partial charge is 0.493 e. The van der Waals surface area contributed by atoms with Crippen molar-refractivity contribution < 1.29 is 13.5 Å². The molecular weight excluding hydrogens is 260 g/mol. The van der Waals surface area contributed by atoms with Crippen LogP contribution in [0.25, 0.3) is 0 Å². The van der Waals surface area contributed by atoms with E-state index >= 15 is 0 Å². The molecule has 104 valence electrons. The second-order valence-electron chi connectivity index (χ2n) is 4.96. The Balaban J connectivity index is 1.80. The van der Waals surface area contributed by atoms with Crippen LogP contribution in [0.4, 0.5) is 14.5 Å². The Morgan fingerprint density at radius 1 is 1.15 bits per heavy atom. The van der Waals surface area contributed by atoms with Crippen molar-refractivity contribution in [2.75, 3.05) is 11.9 Å². The highest BCUT2D eigenvalue weighted by Gasteiger charge is 2.15. The number of anilines is 1. The zero-order chi connectivity index (χ0) is 14.1. The van der Waals surface area contributed by atoms with Crippen LogP contribution in [0.3, 0.4) is 0 Å². The average molecular weight is 275 g/mol. The number of hydrogen-bond acceptors (Lipinski definition) is 2. The Hall–Kier alpha value is -2.10. The van der Waals surface area contributed by atoms with Gasteiger partial charge in [0.25, 0.3) is 0 Å². The number of ether oxygens (including phenoxy) is 1. The molecule has 1 atom stereocenters. The normalized spacial score (nSPS) is 14.6. The van der Waals surface area contributed by atoms with E-state index in [2.05, 4.69) is 11.4 Å². The van der Waals surface area contributed by atoms with E-state index in [1.165, 1.54) is 17.7 Å². The van der Waals surface area contributed by atoms with Gasteiger partial charge >= 0.3 is 0 Å². The Morgan fingerprint density at radius 3 is 2.80 bits per heavy atom. The molecule has 0 fully saturated rings. The summed E-state index contributed by atoms with van der Waals surface area (Å²) in [5, 5.41) is 3.06. The van der Waals surface area contributed by atoms with Crippen LogP contribution >= 0.6 is 0 Å². The summed E-state index contributed by atoms with van der Waals surface area (Å²) in [7, 11) is 0. The molecule has 0 aromatic heterocycles. The van der Waals surface area contributed by atoms with Gasteiger partial charge < -0.3 is 10.1 Å². The van der Waals surface area contributed by atoms with E-state index in [1.54, 1.807) is 0 Å². The maximum Gasteiger partial charge on any atom is 0.149 e. The molecule has 1 N–H and O–H groups in total. The van der Waals surface area contributed by atoms with Crippen LogP contribution in [0.15, 0.2) is 36.4 Å². The summed E-state index contributed by atoms with van der Waals surface area (Å²) in [5.74, 6) is -0.231. The van der Waals surface area contributed by atoms with Crippen LogP contribution in [-0.2, 0) is 6.42 Å². The topological polar surface area (TPSA) is 21.3 Å². The van der Waals surface area contributed by atoms with Crippen molar-refractivity contribution in [1.29, 1.82) is 0 Å². The number of fused-ring (bicyclic) bond motifs is 1. The van der Waals surface area contributed by atoms with Gasteiger partial charge in [-0.2, -0.15) is 0 Å². The molecule has 0 spiro atoms. The number of rotatable bonds is 3. The van der Waals surface area contributed by atoms with Gasteiger partial charge in [-0.3, -0.25) is 0 Å². The van der Waals surface area contributed by atoms with Crippen LogP contribution in [0.1, 0.15) is 24.1 Å². The Bertz CT molecular complexity index is 642. The van der Waals surface area contributed by atoms with Gasteiger partial charge in [0.15, 0.2) is 0 Å². The van der Waals surface area contributed by atoms with E-state index < -0.39 is 11.6 Å². The lowest BCUT2D eigenvalue weighted by Gasteiger charge is -2.17. The number of nitrogens with one attached hydrogen (secondary N) is 1. The standard InChI is InChI=1S/C16H15F2NO/c1-10(19-15-4-3-13(17)9-14(15)18)11-2-5-16-12(8-11)6-7-20-16/h2-5,8-10,19H,6-7H2,1H3. The van der Waals surface area contributed by atoms with Crippen LogP contribution in [0, 0.1) is 11.6 Å². The zero-order valence-corrected chi connectivity index (χ0v) is 11.1. The van der Waals surface area contributed by atoms with Crippen LogP contribution in [-0.4, -0.2) is 6.61 Å². The van der Waals surface area contributed by atoms with Crippen molar-refractivity contribution in [3.8, 4) is 5.75 Å². The first-order valence-electron chi connectivity index (χ1n) is 6.61. The summed E-state index contributed by atoms with van der Waals surface area (Å²) in [5.41, 5.74) is 2.53. The highest BCUT2D eigenvalue weighted by molar-refractivity contribution is 5.48. The lowest BCUT2D eigenvalue weighted by Crippen LogP contribution is -2.08. The van der Waals surface area contributed by atoms with Gasteiger partial charge in [0.1, 0.15) is 17.4 Å². The maximum atomic E-state index is 13.6. The Kier molecular flexibility index (Phi) is 3.30. The second kappa shape index (κ2) is 5.12. The lowest BCUT2D eigenvalue weighted by molar-refractivity contribution is 0.357. The molecule has 2 aromatic carbocycles. The predicted octanol–water partition coefficient (Wildman–Crippen LogP) is 4.07. The van der Waals surface area contributed by atoms with Gasteiger partial charge in [0.2, 0.25) is 0 Å². The third-order valence-electron chi connectivity index (χ3n) is 3.52. The van der Waals surface area contributed by atoms with Crippen LogP contribution in [0.5, 0.6) is 5.75 Å². The molecule has 0 saturated heterocycles. The lowest BCUT2D eigenvalue weighted by atomic mass is 10.0. The Labute approximate surface area is 116 Å². The molecule has 0 saturated carbocycles. The molecule has 0 aliphatic carbocycles. The first-order chi connectivity index (χ1) is 9.63. The fourth-order valence-electron chi connectivity index (χ4n) is 2.40.